The number of rotatable bonds is 8. The molecular formula is C21H30N4O2S. The minimum Gasteiger partial charge on any atom is -0.493 e. The van der Waals surface area contributed by atoms with E-state index in [9.17, 15) is 0 Å². The summed E-state index contributed by atoms with van der Waals surface area (Å²) in [5.41, 5.74) is 2.69. The predicted molar refractivity (Wildman–Crippen MR) is 116 cm³/mol. The highest BCUT2D eigenvalue weighted by molar-refractivity contribution is 7.10. The van der Waals surface area contributed by atoms with Gasteiger partial charge in [0.05, 0.1) is 14.2 Å². The fourth-order valence-corrected chi connectivity index (χ4v) is 4.30. The number of hydrogen-bond acceptors (Lipinski definition) is 5. The minimum absolute atomic E-state index is 0.754. The van der Waals surface area contributed by atoms with Crippen molar-refractivity contribution in [2.24, 2.45) is 4.99 Å². The van der Waals surface area contributed by atoms with Gasteiger partial charge in [-0.15, -0.1) is 11.3 Å². The molecule has 152 valence electrons. The number of nitrogens with zero attached hydrogens (tertiary/aromatic N) is 2. The number of nitrogens with one attached hydrogen (secondary N) is 2. The summed E-state index contributed by atoms with van der Waals surface area (Å²) >= 11 is 1.89. The average molecular weight is 403 g/mol. The maximum atomic E-state index is 5.37. The van der Waals surface area contributed by atoms with E-state index in [1.165, 1.54) is 17.5 Å². The van der Waals surface area contributed by atoms with Crippen LogP contribution < -0.4 is 20.1 Å². The number of benzene rings is 1. The van der Waals surface area contributed by atoms with Crippen molar-refractivity contribution in [3.8, 4) is 11.5 Å². The Balaban J connectivity index is 1.38. The van der Waals surface area contributed by atoms with Gasteiger partial charge in [0.2, 0.25) is 0 Å². The number of aliphatic imine (C=N–C) groups is 1. The molecule has 28 heavy (non-hydrogen) atoms. The maximum absolute atomic E-state index is 5.37. The molecule has 7 heteroatoms. The van der Waals surface area contributed by atoms with Crippen LogP contribution in [0.25, 0.3) is 0 Å². The molecule has 0 radical (unpaired) electrons. The van der Waals surface area contributed by atoms with Crippen LogP contribution in [0.2, 0.25) is 0 Å². The monoisotopic (exact) mass is 402 g/mol. The van der Waals surface area contributed by atoms with Crippen LogP contribution in [-0.2, 0) is 19.4 Å². The first-order valence-corrected chi connectivity index (χ1v) is 10.5. The zero-order valence-corrected chi connectivity index (χ0v) is 17.8. The van der Waals surface area contributed by atoms with Gasteiger partial charge in [0.25, 0.3) is 0 Å². The van der Waals surface area contributed by atoms with E-state index in [4.69, 9.17) is 9.47 Å². The molecule has 0 fully saturated rings. The van der Waals surface area contributed by atoms with Gasteiger partial charge in [0.1, 0.15) is 0 Å². The van der Waals surface area contributed by atoms with Gasteiger partial charge in [-0.3, -0.25) is 9.89 Å². The molecule has 0 amide bonds. The van der Waals surface area contributed by atoms with E-state index < -0.39 is 0 Å². The lowest BCUT2D eigenvalue weighted by atomic mass is 10.1. The second kappa shape index (κ2) is 10.3. The van der Waals surface area contributed by atoms with E-state index in [2.05, 4.69) is 38.0 Å². The Morgan fingerprint density at radius 3 is 2.75 bits per heavy atom. The van der Waals surface area contributed by atoms with E-state index >= 15 is 0 Å². The molecule has 6 nitrogen and oxygen atoms in total. The van der Waals surface area contributed by atoms with Crippen LogP contribution in [0, 0.1) is 0 Å². The molecule has 1 aromatic carbocycles. The molecule has 2 N–H and O–H groups in total. The summed E-state index contributed by atoms with van der Waals surface area (Å²) in [6, 6.07) is 8.28. The summed E-state index contributed by atoms with van der Waals surface area (Å²) in [7, 11) is 5.12. The molecule has 0 bridgehead atoms. The topological polar surface area (TPSA) is 58.1 Å². The van der Waals surface area contributed by atoms with Crippen LogP contribution in [0.1, 0.15) is 16.0 Å². The van der Waals surface area contributed by atoms with Crippen LogP contribution >= 0.6 is 11.3 Å². The predicted octanol–water partition coefficient (Wildman–Crippen LogP) is 2.53. The van der Waals surface area contributed by atoms with E-state index in [1.54, 1.807) is 19.1 Å². The highest BCUT2D eigenvalue weighted by atomic mass is 32.1. The lowest BCUT2D eigenvalue weighted by molar-refractivity contribution is 0.260. The quantitative estimate of drug-likeness (QED) is 0.525. The Hall–Kier alpha value is -2.25. The van der Waals surface area contributed by atoms with Gasteiger partial charge in [-0.25, -0.2) is 0 Å². The van der Waals surface area contributed by atoms with Crippen LogP contribution in [0.3, 0.4) is 0 Å². The van der Waals surface area contributed by atoms with Crippen molar-refractivity contribution >= 4 is 17.3 Å². The Kier molecular flexibility index (Phi) is 7.56. The van der Waals surface area contributed by atoms with Gasteiger partial charge in [0.15, 0.2) is 17.5 Å². The van der Waals surface area contributed by atoms with Gasteiger partial charge in [-0.05, 0) is 47.5 Å². The highest BCUT2D eigenvalue weighted by Crippen LogP contribution is 2.27. The van der Waals surface area contributed by atoms with Gasteiger partial charge in [0, 0.05) is 44.6 Å². The normalized spacial score (nSPS) is 14.5. The minimum atomic E-state index is 0.754. The number of fused-ring (bicyclic) bond motifs is 1. The molecule has 1 aliphatic heterocycles. The van der Waals surface area contributed by atoms with E-state index in [-0.39, 0.29) is 0 Å². The molecule has 1 aliphatic rings. The van der Waals surface area contributed by atoms with E-state index in [0.717, 1.165) is 56.6 Å². The van der Waals surface area contributed by atoms with Crippen LogP contribution in [0.15, 0.2) is 34.6 Å². The standard InChI is InChI=1S/C21H30N4O2S/c1-22-21(23-9-6-16-4-5-18(26-2)19(14-16)27-3)24-10-12-25-11-7-20-17(15-25)8-13-28-20/h4-5,8,13-14H,6-7,9-12,15H2,1-3H3,(H2,22,23,24). The van der Waals surface area contributed by atoms with Gasteiger partial charge in [-0.2, -0.15) is 0 Å². The summed E-state index contributed by atoms with van der Waals surface area (Å²) < 4.78 is 10.7. The first kappa shape index (κ1) is 20.5. The number of thiophene rings is 1. The van der Waals surface area contributed by atoms with Gasteiger partial charge >= 0.3 is 0 Å². The molecule has 0 atom stereocenters. The Morgan fingerprint density at radius 2 is 1.96 bits per heavy atom. The van der Waals surface area contributed by atoms with Gasteiger partial charge in [-0.1, -0.05) is 6.07 Å². The average Bonchev–Trinajstić information content (AvgIpc) is 3.20. The summed E-state index contributed by atoms with van der Waals surface area (Å²) in [5.74, 6) is 2.36. The largest absolute Gasteiger partial charge is 0.493 e. The summed E-state index contributed by atoms with van der Waals surface area (Å²) in [6.07, 6.45) is 2.05. The smallest absolute Gasteiger partial charge is 0.191 e. The lowest BCUT2D eigenvalue weighted by Crippen LogP contribution is -2.43. The van der Waals surface area contributed by atoms with Crippen LogP contribution in [-0.4, -0.2) is 58.3 Å². The number of ether oxygens (including phenoxy) is 2. The van der Waals surface area contributed by atoms with Crippen molar-refractivity contribution in [2.75, 3.05) is 47.4 Å². The Bertz CT molecular complexity index is 790. The Labute approximate surface area is 171 Å². The molecule has 0 spiro atoms. The number of hydrogen-bond donors (Lipinski definition) is 2. The summed E-state index contributed by atoms with van der Waals surface area (Å²) in [5, 5.41) is 9.00. The second-order valence-electron chi connectivity index (χ2n) is 6.76. The van der Waals surface area contributed by atoms with Crippen LogP contribution in [0.5, 0.6) is 11.5 Å². The van der Waals surface area contributed by atoms with Crippen molar-refractivity contribution in [3.63, 3.8) is 0 Å². The lowest BCUT2D eigenvalue weighted by Gasteiger charge is -2.27. The fraction of sp³-hybridized carbons (Fsp3) is 0.476. The number of guanidine groups is 1. The van der Waals surface area contributed by atoms with Crippen molar-refractivity contribution in [1.82, 2.24) is 15.5 Å². The Morgan fingerprint density at radius 1 is 1.14 bits per heavy atom. The SMILES string of the molecule is CN=C(NCCc1ccc(OC)c(OC)c1)NCCN1CCc2sccc2C1. The summed E-state index contributed by atoms with van der Waals surface area (Å²) in [6.45, 7) is 4.91. The molecular weight excluding hydrogens is 372 g/mol. The van der Waals surface area contributed by atoms with Crippen molar-refractivity contribution in [1.29, 1.82) is 0 Å². The molecule has 0 saturated carbocycles. The third-order valence-corrected chi connectivity index (χ3v) is 6.01. The second-order valence-corrected chi connectivity index (χ2v) is 7.76. The third-order valence-electron chi connectivity index (χ3n) is 4.98. The molecule has 3 rings (SSSR count). The van der Waals surface area contributed by atoms with Crippen molar-refractivity contribution < 1.29 is 9.47 Å². The molecule has 0 saturated heterocycles. The first-order chi connectivity index (χ1) is 13.7. The molecule has 0 unspecified atom stereocenters. The van der Waals surface area contributed by atoms with Crippen LogP contribution in [0.4, 0.5) is 0 Å². The third kappa shape index (κ3) is 5.39. The maximum Gasteiger partial charge on any atom is 0.191 e. The molecule has 2 aromatic rings. The van der Waals surface area contributed by atoms with Gasteiger partial charge < -0.3 is 20.1 Å². The van der Waals surface area contributed by atoms with E-state index in [1.807, 2.05) is 30.5 Å². The van der Waals surface area contributed by atoms with Crippen molar-refractivity contribution in [2.45, 2.75) is 19.4 Å². The molecule has 1 aromatic heterocycles. The molecule has 0 aliphatic carbocycles. The first-order valence-electron chi connectivity index (χ1n) is 9.66. The summed E-state index contributed by atoms with van der Waals surface area (Å²) in [4.78, 5) is 8.38. The zero-order valence-electron chi connectivity index (χ0n) is 17.0. The number of methoxy groups -OCH3 is 2. The molecule has 2 heterocycles. The van der Waals surface area contributed by atoms with Crippen molar-refractivity contribution in [3.05, 3.63) is 45.6 Å². The highest BCUT2D eigenvalue weighted by Gasteiger charge is 2.16. The fourth-order valence-electron chi connectivity index (χ4n) is 3.41. The van der Waals surface area contributed by atoms with E-state index in [0.29, 0.717) is 0 Å². The zero-order chi connectivity index (χ0) is 19.8.